The monoisotopic (exact) mass is 403 g/mol. The first-order chi connectivity index (χ1) is 13.7. The summed E-state index contributed by atoms with van der Waals surface area (Å²) in [5.41, 5.74) is 11.4. The van der Waals surface area contributed by atoms with E-state index in [9.17, 15) is 5.26 Å². The first-order valence-corrected chi connectivity index (χ1v) is 10.7. The number of anilines is 2. The van der Waals surface area contributed by atoms with Crippen molar-refractivity contribution in [2.75, 3.05) is 17.2 Å². The van der Waals surface area contributed by atoms with E-state index in [-0.39, 0.29) is 0 Å². The van der Waals surface area contributed by atoms with E-state index in [1.807, 2.05) is 0 Å². The van der Waals surface area contributed by atoms with Crippen molar-refractivity contribution >= 4 is 43.7 Å². The van der Waals surface area contributed by atoms with Gasteiger partial charge in [0.05, 0.1) is 17.5 Å². The molecule has 4 heterocycles. The minimum atomic E-state index is 0.623. The molecule has 138 valence electrons. The molecule has 4 aromatic rings. The Labute approximate surface area is 170 Å². The zero-order chi connectivity index (χ0) is 19.3. The highest BCUT2D eigenvalue weighted by Crippen LogP contribution is 2.41. The highest BCUT2D eigenvalue weighted by molar-refractivity contribution is 7.17. The van der Waals surface area contributed by atoms with Crippen molar-refractivity contribution in [3.8, 4) is 17.2 Å². The molecular weight excluding hydrogens is 386 g/mol. The van der Waals surface area contributed by atoms with Gasteiger partial charge in [0.15, 0.2) is 0 Å². The minimum Gasteiger partial charge on any atom is -0.389 e. The van der Waals surface area contributed by atoms with Gasteiger partial charge in [-0.2, -0.15) is 5.26 Å². The van der Waals surface area contributed by atoms with E-state index < -0.39 is 0 Å². The van der Waals surface area contributed by atoms with Crippen molar-refractivity contribution in [2.45, 2.75) is 19.9 Å². The lowest BCUT2D eigenvalue weighted by atomic mass is 10.0. The molecule has 0 saturated carbocycles. The fourth-order valence-electron chi connectivity index (χ4n) is 3.77. The SMILES string of the molecule is Cc1ccc(-c2csc3ncnc(N4CCc5c(sc(N)c5C#N)C4)c23)cc1. The van der Waals surface area contributed by atoms with Gasteiger partial charge in [-0.3, -0.25) is 0 Å². The number of fused-ring (bicyclic) bond motifs is 2. The number of nitrogens with zero attached hydrogens (tertiary/aromatic N) is 4. The molecule has 0 radical (unpaired) electrons. The van der Waals surface area contributed by atoms with Crippen LogP contribution in [0.3, 0.4) is 0 Å². The van der Waals surface area contributed by atoms with Crippen LogP contribution in [0.1, 0.15) is 21.6 Å². The molecule has 2 N–H and O–H groups in total. The molecule has 0 atom stereocenters. The second-order valence-corrected chi connectivity index (χ2v) is 8.91. The molecule has 0 amide bonds. The van der Waals surface area contributed by atoms with Gasteiger partial charge < -0.3 is 10.6 Å². The van der Waals surface area contributed by atoms with E-state index in [0.717, 1.165) is 41.1 Å². The van der Waals surface area contributed by atoms with Crippen LogP contribution >= 0.6 is 22.7 Å². The number of benzene rings is 1. The number of nitrogen functional groups attached to an aromatic ring is 1. The molecule has 1 aliphatic rings. The first kappa shape index (κ1) is 17.2. The van der Waals surface area contributed by atoms with Crippen molar-refractivity contribution in [1.29, 1.82) is 5.26 Å². The van der Waals surface area contributed by atoms with E-state index in [2.05, 4.69) is 57.5 Å². The summed E-state index contributed by atoms with van der Waals surface area (Å²) >= 11 is 3.17. The summed E-state index contributed by atoms with van der Waals surface area (Å²) in [5, 5.41) is 13.3. The number of aromatic nitrogens is 2. The molecule has 1 aliphatic heterocycles. The molecule has 3 aromatic heterocycles. The largest absolute Gasteiger partial charge is 0.389 e. The van der Waals surface area contributed by atoms with Gasteiger partial charge in [0, 0.05) is 22.4 Å². The minimum absolute atomic E-state index is 0.623. The average Bonchev–Trinajstić information content (AvgIpc) is 3.28. The lowest BCUT2D eigenvalue weighted by Crippen LogP contribution is -2.30. The number of aryl methyl sites for hydroxylation is 1. The molecule has 0 spiro atoms. The van der Waals surface area contributed by atoms with Crippen LogP contribution in [-0.2, 0) is 13.0 Å². The fraction of sp³-hybridized carbons (Fsp3) is 0.190. The van der Waals surface area contributed by atoms with Crippen molar-refractivity contribution in [2.24, 2.45) is 0 Å². The smallest absolute Gasteiger partial charge is 0.141 e. The predicted molar refractivity (Wildman–Crippen MR) is 116 cm³/mol. The molecule has 0 unspecified atom stereocenters. The Morgan fingerprint density at radius 2 is 2.04 bits per heavy atom. The van der Waals surface area contributed by atoms with Crippen LogP contribution in [-0.4, -0.2) is 16.5 Å². The third-order valence-electron chi connectivity index (χ3n) is 5.21. The third kappa shape index (κ3) is 2.65. The van der Waals surface area contributed by atoms with Crippen LogP contribution in [0.4, 0.5) is 10.8 Å². The Balaban J connectivity index is 1.61. The van der Waals surface area contributed by atoms with Crippen LogP contribution in [0.2, 0.25) is 0 Å². The molecule has 0 bridgehead atoms. The molecule has 0 aliphatic carbocycles. The topological polar surface area (TPSA) is 78.8 Å². The first-order valence-electron chi connectivity index (χ1n) is 9.00. The normalized spacial score (nSPS) is 13.5. The van der Waals surface area contributed by atoms with E-state index in [0.29, 0.717) is 10.6 Å². The van der Waals surface area contributed by atoms with Crippen LogP contribution in [0, 0.1) is 18.3 Å². The van der Waals surface area contributed by atoms with Gasteiger partial charge in [-0.1, -0.05) is 29.8 Å². The summed E-state index contributed by atoms with van der Waals surface area (Å²) < 4.78 is 0. The summed E-state index contributed by atoms with van der Waals surface area (Å²) in [6.45, 7) is 3.63. The van der Waals surface area contributed by atoms with Crippen molar-refractivity contribution in [1.82, 2.24) is 9.97 Å². The molecule has 0 saturated heterocycles. The number of hydrogen-bond acceptors (Lipinski definition) is 7. The summed E-state index contributed by atoms with van der Waals surface area (Å²) in [5.74, 6) is 0.956. The van der Waals surface area contributed by atoms with Crippen LogP contribution in [0.5, 0.6) is 0 Å². The predicted octanol–water partition coefficient (Wildman–Crippen LogP) is 4.74. The van der Waals surface area contributed by atoms with Crippen molar-refractivity contribution in [3.63, 3.8) is 0 Å². The van der Waals surface area contributed by atoms with Gasteiger partial charge in [-0.05, 0) is 24.5 Å². The van der Waals surface area contributed by atoms with Gasteiger partial charge in [-0.25, -0.2) is 9.97 Å². The van der Waals surface area contributed by atoms with Gasteiger partial charge in [0.25, 0.3) is 0 Å². The molecule has 28 heavy (non-hydrogen) atoms. The van der Waals surface area contributed by atoms with E-state index in [1.54, 1.807) is 17.7 Å². The number of nitriles is 1. The second kappa shape index (κ2) is 6.59. The number of nitrogens with two attached hydrogens (primary N) is 1. The number of thiophene rings is 2. The summed E-state index contributed by atoms with van der Waals surface area (Å²) in [7, 11) is 0. The molecule has 5 nitrogen and oxygen atoms in total. The third-order valence-corrected chi connectivity index (χ3v) is 7.14. The zero-order valence-electron chi connectivity index (χ0n) is 15.3. The summed E-state index contributed by atoms with van der Waals surface area (Å²) in [6.07, 6.45) is 2.45. The summed E-state index contributed by atoms with van der Waals surface area (Å²) in [4.78, 5) is 13.6. The van der Waals surface area contributed by atoms with Gasteiger partial charge in [0.1, 0.15) is 28.0 Å². The van der Waals surface area contributed by atoms with Crippen LogP contribution in [0.15, 0.2) is 36.0 Å². The molecule has 1 aromatic carbocycles. The highest BCUT2D eigenvalue weighted by atomic mass is 32.1. The molecule has 5 rings (SSSR count). The molecule has 7 heteroatoms. The van der Waals surface area contributed by atoms with Gasteiger partial charge in [-0.15, -0.1) is 22.7 Å². The Morgan fingerprint density at radius 1 is 1.21 bits per heavy atom. The van der Waals surface area contributed by atoms with Gasteiger partial charge in [0.2, 0.25) is 0 Å². The lowest BCUT2D eigenvalue weighted by Gasteiger charge is -2.28. The zero-order valence-corrected chi connectivity index (χ0v) is 16.9. The van der Waals surface area contributed by atoms with Crippen LogP contribution < -0.4 is 10.6 Å². The second-order valence-electron chi connectivity index (χ2n) is 6.92. The lowest BCUT2D eigenvalue weighted by molar-refractivity contribution is 0.734. The number of hydrogen-bond donors (Lipinski definition) is 1. The Hall–Kier alpha value is -2.95. The van der Waals surface area contributed by atoms with E-state index in [1.165, 1.54) is 32.9 Å². The number of rotatable bonds is 2. The van der Waals surface area contributed by atoms with Crippen LogP contribution in [0.25, 0.3) is 21.3 Å². The molecule has 0 fully saturated rings. The maximum absolute atomic E-state index is 9.39. The highest BCUT2D eigenvalue weighted by Gasteiger charge is 2.26. The standard InChI is InChI=1S/C21H17N5S2/c1-12-2-4-13(5-3-12)16-10-27-21-18(16)20(24-11-25-21)26-7-6-14-15(8-22)19(23)28-17(14)9-26/h2-5,10-11H,6-7,9,23H2,1H3. The van der Waals surface area contributed by atoms with Crippen molar-refractivity contribution in [3.05, 3.63) is 57.5 Å². The van der Waals surface area contributed by atoms with Crippen molar-refractivity contribution < 1.29 is 0 Å². The maximum atomic E-state index is 9.39. The fourth-order valence-corrected chi connectivity index (χ4v) is 5.77. The quantitative estimate of drug-likeness (QED) is 0.523. The van der Waals surface area contributed by atoms with Gasteiger partial charge >= 0.3 is 0 Å². The Bertz CT molecular complexity index is 1230. The maximum Gasteiger partial charge on any atom is 0.141 e. The average molecular weight is 404 g/mol. The molecular formula is C21H17N5S2. The Kier molecular flexibility index (Phi) is 4.04. The Morgan fingerprint density at radius 3 is 2.82 bits per heavy atom. The summed E-state index contributed by atoms with van der Waals surface area (Å²) in [6, 6.07) is 10.8. The van der Waals surface area contributed by atoms with E-state index in [4.69, 9.17) is 5.73 Å². The van der Waals surface area contributed by atoms with E-state index >= 15 is 0 Å².